The van der Waals surface area contributed by atoms with Crippen molar-refractivity contribution in [3.63, 3.8) is 0 Å². The average Bonchev–Trinajstić information content (AvgIpc) is 2.51. The van der Waals surface area contributed by atoms with Crippen molar-refractivity contribution in [3.8, 4) is 0 Å². The van der Waals surface area contributed by atoms with Gasteiger partial charge < -0.3 is 15.4 Å². The first-order valence-electron chi connectivity index (χ1n) is 7.12. The van der Waals surface area contributed by atoms with Crippen molar-refractivity contribution in [2.75, 3.05) is 32.6 Å². The fourth-order valence-electron chi connectivity index (χ4n) is 2.29. The molecule has 1 aromatic rings. The summed E-state index contributed by atoms with van der Waals surface area (Å²) >= 11 is 0. The Balaban J connectivity index is 0.00000312. The van der Waals surface area contributed by atoms with E-state index in [1.165, 1.54) is 6.07 Å². The van der Waals surface area contributed by atoms with Crippen LogP contribution in [0.1, 0.15) is 11.1 Å². The van der Waals surface area contributed by atoms with E-state index in [4.69, 9.17) is 10.5 Å². The molecule has 1 aromatic carbocycles. The number of rotatable bonds is 3. The van der Waals surface area contributed by atoms with Crippen molar-refractivity contribution in [1.82, 2.24) is 4.90 Å². The number of ether oxygens (including phenoxy) is 1. The molecular formula is C14H19F3IN3O3S. The Hall–Kier alpha value is -1.08. The minimum absolute atomic E-state index is 0. The van der Waals surface area contributed by atoms with Crippen LogP contribution in [0.3, 0.4) is 0 Å². The highest BCUT2D eigenvalue weighted by molar-refractivity contribution is 14.0. The third kappa shape index (κ3) is 5.99. The lowest BCUT2D eigenvalue weighted by atomic mass is 10.1. The molecule has 0 spiro atoms. The van der Waals surface area contributed by atoms with Crippen molar-refractivity contribution in [1.29, 1.82) is 0 Å². The molecule has 0 amide bonds. The maximum atomic E-state index is 13.1. The van der Waals surface area contributed by atoms with Crippen LogP contribution >= 0.6 is 24.0 Å². The fourth-order valence-corrected chi connectivity index (χ4v) is 3.17. The topological polar surface area (TPSA) is 85.0 Å². The molecule has 0 aliphatic carbocycles. The number of nitrogens with two attached hydrogens (primary N) is 1. The van der Waals surface area contributed by atoms with Gasteiger partial charge in [0.1, 0.15) is 0 Å². The van der Waals surface area contributed by atoms with Crippen LogP contribution in [0, 0.1) is 0 Å². The van der Waals surface area contributed by atoms with Crippen LogP contribution in [0.4, 0.5) is 13.2 Å². The number of hydrogen-bond acceptors (Lipinski definition) is 4. The second kappa shape index (κ2) is 8.54. The molecular weight excluding hydrogens is 474 g/mol. The van der Waals surface area contributed by atoms with E-state index in [9.17, 15) is 21.6 Å². The maximum absolute atomic E-state index is 13.1. The van der Waals surface area contributed by atoms with Crippen molar-refractivity contribution in [2.24, 2.45) is 10.7 Å². The van der Waals surface area contributed by atoms with Gasteiger partial charge in [-0.05, 0) is 17.7 Å². The first-order valence-corrected chi connectivity index (χ1v) is 9.01. The van der Waals surface area contributed by atoms with Gasteiger partial charge in [-0.1, -0.05) is 6.07 Å². The van der Waals surface area contributed by atoms with Crippen LogP contribution in [0.15, 0.2) is 28.1 Å². The average molecular weight is 493 g/mol. The first-order chi connectivity index (χ1) is 11.1. The van der Waals surface area contributed by atoms with Gasteiger partial charge in [0.15, 0.2) is 15.8 Å². The van der Waals surface area contributed by atoms with Crippen molar-refractivity contribution < 1.29 is 26.3 Å². The van der Waals surface area contributed by atoms with Gasteiger partial charge in [0.2, 0.25) is 0 Å². The molecule has 0 radical (unpaired) electrons. The summed E-state index contributed by atoms with van der Waals surface area (Å²) in [4.78, 5) is 5.11. The quantitative estimate of drug-likeness (QED) is 0.395. The van der Waals surface area contributed by atoms with E-state index in [2.05, 4.69) is 4.99 Å². The molecule has 0 aromatic heterocycles. The summed E-state index contributed by atoms with van der Waals surface area (Å²) in [5, 5.41) is 0. The first kappa shape index (κ1) is 22.0. The Morgan fingerprint density at radius 2 is 1.92 bits per heavy atom. The van der Waals surface area contributed by atoms with Gasteiger partial charge in [-0.15, -0.1) is 24.0 Å². The van der Waals surface area contributed by atoms with Crippen molar-refractivity contribution in [2.45, 2.75) is 17.6 Å². The Bertz CT molecular complexity index is 733. The summed E-state index contributed by atoms with van der Waals surface area (Å²) in [6.07, 6.45) is -4.03. The molecule has 0 unspecified atom stereocenters. The number of alkyl halides is 3. The van der Waals surface area contributed by atoms with Gasteiger partial charge in [-0.3, -0.25) is 0 Å². The molecule has 2 N–H and O–H groups in total. The van der Waals surface area contributed by atoms with Gasteiger partial charge >= 0.3 is 6.18 Å². The van der Waals surface area contributed by atoms with Crippen molar-refractivity contribution in [3.05, 3.63) is 29.3 Å². The van der Waals surface area contributed by atoms with Gasteiger partial charge in [-0.25, -0.2) is 13.4 Å². The maximum Gasteiger partial charge on any atom is 0.417 e. The molecule has 0 saturated carbocycles. The second-order valence-corrected chi connectivity index (χ2v) is 7.36. The highest BCUT2D eigenvalue weighted by Crippen LogP contribution is 2.35. The monoisotopic (exact) mass is 493 g/mol. The lowest BCUT2D eigenvalue weighted by molar-refractivity contribution is -0.139. The molecule has 1 aliphatic rings. The summed E-state index contributed by atoms with van der Waals surface area (Å²) in [5.74, 6) is 0.221. The molecule has 1 heterocycles. The van der Waals surface area contributed by atoms with Crippen LogP contribution in [0.25, 0.3) is 0 Å². The van der Waals surface area contributed by atoms with Gasteiger partial charge in [0, 0.05) is 19.3 Å². The lowest BCUT2D eigenvalue weighted by Crippen LogP contribution is -2.44. The molecule has 2 rings (SSSR count). The van der Waals surface area contributed by atoms with E-state index in [1.54, 1.807) is 4.90 Å². The molecule has 1 fully saturated rings. The lowest BCUT2D eigenvalue weighted by Gasteiger charge is -2.27. The molecule has 25 heavy (non-hydrogen) atoms. The number of aliphatic imine (C=N–C) groups is 1. The Morgan fingerprint density at radius 3 is 2.44 bits per heavy atom. The molecule has 1 saturated heterocycles. The van der Waals surface area contributed by atoms with E-state index < -0.39 is 26.5 Å². The van der Waals surface area contributed by atoms with Gasteiger partial charge in [-0.2, -0.15) is 13.2 Å². The zero-order valence-electron chi connectivity index (χ0n) is 13.4. The minimum atomic E-state index is -4.77. The summed E-state index contributed by atoms with van der Waals surface area (Å²) in [7, 11) is -3.98. The smallest absolute Gasteiger partial charge is 0.378 e. The molecule has 0 atom stereocenters. The van der Waals surface area contributed by atoms with Crippen LogP contribution in [-0.4, -0.2) is 51.8 Å². The molecule has 142 valence electrons. The predicted molar refractivity (Wildman–Crippen MR) is 97.7 cm³/mol. The van der Waals surface area contributed by atoms with Crippen molar-refractivity contribution >= 4 is 39.8 Å². The summed E-state index contributed by atoms with van der Waals surface area (Å²) in [6, 6.07) is 3.06. The summed E-state index contributed by atoms with van der Waals surface area (Å²) in [6.45, 7) is 2.08. The normalized spacial score (nSPS) is 16.5. The predicted octanol–water partition coefficient (Wildman–Crippen LogP) is 1.87. The van der Waals surface area contributed by atoms with Crippen LogP contribution in [-0.2, 0) is 27.3 Å². The van der Waals surface area contributed by atoms with Gasteiger partial charge in [0.05, 0.1) is 30.2 Å². The summed E-state index contributed by atoms with van der Waals surface area (Å²) < 4.78 is 67.5. The van der Waals surface area contributed by atoms with E-state index in [1.807, 2.05) is 0 Å². The van der Waals surface area contributed by atoms with Gasteiger partial charge in [0.25, 0.3) is 0 Å². The Labute approximate surface area is 161 Å². The van der Waals surface area contributed by atoms with Crippen LogP contribution in [0.5, 0.6) is 0 Å². The minimum Gasteiger partial charge on any atom is -0.378 e. The third-order valence-corrected chi connectivity index (χ3v) is 4.66. The van der Waals surface area contributed by atoms with Crippen LogP contribution in [0.2, 0.25) is 0 Å². The van der Waals surface area contributed by atoms with E-state index in [-0.39, 0.29) is 42.0 Å². The molecule has 6 nitrogen and oxygen atoms in total. The Morgan fingerprint density at radius 1 is 1.32 bits per heavy atom. The number of benzene rings is 1. The van der Waals surface area contributed by atoms with E-state index in [0.29, 0.717) is 26.3 Å². The fraction of sp³-hybridized carbons (Fsp3) is 0.500. The number of nitrogens with zero attached hydrogens (tertiary/aromatic N) is 2. The van der Waals surface area contributed by atoms with Crippen LogP contribution < -0.4 is 5.73 Å². The zero-order chi connectivity index (χ0) is 18.0. The summed E-state index contributed by atoms with van der Waals surface area (Å²) in [5.41, 5.74) is 4.86. The largest absolute Gasteiger partial charge is 0.417 e. The second-order valence-electron chi connectivity index (χ2n) is 5.37. The number of morpholine rings is 1. The highest BCUT2D eigenvalue weighted by Gasteiger charge is 2.36. The number of guanidine groups is 1. The number of hydrogen-bond donors (Lipinski definition) is 1. The third-order valence-electron chi connectivity index (χ3n) is 3.51. The molecule has 0 bridgehead atoms. The SMILES string of the molecule is CS(=O)(=O)c1ccc(CN=C(N)N2CCOCC2)cc1C(F)(F)F.I. The Kier molecular flexibility index (Phi) is 7.50. The molecule has 11 heteroatoms. The number of halogens is 4. The highest BCUT2D eigenvalue weighted by atomic mass is 127. The van der Waals surface area contributed by atoms with E-state index >= 15 is 0 Å². The zero-order valence-corrected chi connectivity index (χ0v) is 16.6. The van der Waals surface area contributed by atoms with E-state index in [0.717, 1.165) is 18.4 Å². The standard InChI is InChI=1S/C14H18F3N3O3S.HI/c1-24(21,22)12-3-2-10(8-11(12)14(15,16)17)9-19-13(18)20-4-6-23-7-5-20;/h2-3,8H,4-7,9H2,1H3,(H2,18,19);1H. The number of sulfone groups is 1. The molecule has 1 aliphatic heterocycles.